The van der Waals surface area contributed by atoms with Gasteiger partial charge in [0.1, 0.15) is 5.40 Å². The van der Waals surface area contributed by atoms with E-state index in [4.69, 9.17) is 16.9 Å². The van der Waals surface area contributed by atoms with Gasteiger partial charge in [0.25, 0.3) is 0 Å². The third kappa shape index (κ3) is 2.40. The third-order valence-electron chi connectivity index (χ3n) is 1.29. The number of benzene rings is 1. The van der Waals surface area contributed by atoms with Crippen LogP contribution in [0.15, 0.2) is 24.3 Å². The molecule has 0 radical (unpaired) electrons. The lowest BCUT2D eigenvalue weighted by molar-refractivity contribution is 0.471. The van der Waals surface area contributed by atoms with Crippen LogP contribution in [0.2, 0.25) is 5.02 Å². The molecule has 0 saturated heterocycles. The molecule has 0 aliphatic heterocycles. The van der Waals surface area contributed by atoms with Crippen LogP contribution in [0.4, 0.5) is 4.39 Å². The monoisotopic (exact) mass is 201 g/mol. The van der Waals surface area contributed by atoms with Crippen molar-refractivity contribution in [2.24, 2.45) is 0 Å². The van der Waals surface area contributed by atoms with Gasteiger partial charge in [0, 0.05) is 5.02 Å². The lowest BCUT2D eigenvalue weighted by Gasteiger charge is -2.01. The molecule has 4 heteroatoms. The molecule has 1 rings (SSSR count). The van der Waals surface area contributed by atoms with Crippen molar-refractivity contribution in [1.82, 2.24) is 0 Å². The maximum Gasteiger partial charge on any atom is 0.184 e. The Labute approximate surface area is 79.1 Å². The maximum absolute atomic E-state index is 13.0. The fraction of sp³-hybridized carbons (Fsp3) is 0.125. The van der Waals surface area contributed by atoms with Crippen LogP contribution >= 0.6 is 23.4 Å². The van der Waals surface area contributed by atoms with Crippen LogP contribution in [-0.2, 0) is 0 Å². The molecule has 0 N–H and O–H groups in total. The Morgan fingerprint density at radius 2 is 2.00 bits per heavy atom. The fourth-order valence-corrected chi connectivity index (χ4v) is 1.24. The highest BCUT2D eigenvalue weighted by Crippen LogP contribution is 2.29. The molecular weight excluding hydrogens is 197 g/mol. The molecule has 0 aromatic heterocycles. The first-order chi connectivity index (χ1) is 5.74. The molecule has 0 bridgehead atoms. The molecule has 1 aromatic rings. The van der Waals surface area contributed by atoms with Gasteiger partial charge in [-0.15, -0.1) is 0 Å². The van der Waals surface area contributed by atoms with Gasteiger partial charge in [-0.1, -0.05) is 23.7 Å². The number of hydrogen-bond acceptors (Lipinski definition) is 2. The smallest absolute Gasteiger partial charge is 0.184 e. The minimum atomic E-state index is -1.28. The lowest BCUT2D eigenvalue weighted by Crippen LogP contribution is -1.83. The van der Waals surface area contributed by atoms with Gasteiger partial charge < -0.3 is 0 Å². The van der Waals surface area contributed by atoms with Crippen molar-refractivity contribution in [3.8, 4) is 5.40 Å². The van der Waals surface area contributed by atoms with Gasteiger partial charge in [-0.3, -0.25) is 0 Å². The summed E-state index contributed by atoms with van der Waals surface area (Å²) in [7, 11) is 0. The van der Waals surface area contributed by atoms with Crippen molar-refractivity contribution in [2.75, 3.05) is 0 Å². The first kappa shape index (κ1) is 9.37. The minimum absolute atomic E-state index is 0.464. The topological polar surface area (TPSA) is 23.8 Å². The second kappa shape index (κ2) is 4.34. The largest absolute Gasteiger partial charge is 0.229 e. The van der Waals surface area contributed by atoms with Crippen LogP contribution in [0.5, 0.6) is 0 Å². The van der Waals surface area contributed by atoms with Gasteiger partial charge in [-0.2, -0.15) is 5.26 Å². The van der Waals surface area contributed by atoms with E-state index in [1.807, 2.05) is 0 Å². The third-order valence-corrected chi connectivity index (χ3v) is 2.12. The molecule has 1 aromatic carbocycles. The Morgan fingerprint density at radius 1 is 1.42 bits per heavy atom. The summed E-state index contributed by atoms with van der Waals surface area (Å²) in [6, 6.07) is 6.33. The van der Waals surface area contributed by atoms with Gasteiger partial charge in [0.2, 0.25) is 0 Å². The zero-order valence-corrected chi connectivity index (χ0v) is 7.57. The molecule has 0 fully saturated rings. The summed E-state index contributed by atoms with van der Waals surface area (Å²) in [5, 5.41) is 10.5. The van der Waals surface area contributed by atoms with Gasteiger partial charge >= 0.3 is 0 Å². The van der Waals surface area contributed by atoms with Crippen molar-refractivity contribution in [3.63, 3.8) is 0 Å². The quantitative estimate of drug-likeness (QED) is 0.684. The minimum Gasteiger partial charge on any atom is -0.229 e. The Hall–Kier alpha value is -0.720. The zero-order valence-electron chi connectivity index (χ0n) is 6.00. The number of alkyl halides is 1. The summed E-state index contributed by atoms with van der Waals surface area (Å²) >= 11 is 6.19. The summed E-state index contributed by atoms with van der Waals surface area (Å²) in [4.78, 5) is 0. The summed E-state index contributed by atoms with van der Waals surface area (Å²) < 4.78 is 13.0. The van der Waals surface area contributed by atoms with Gasteiger partial charge in [0.15, 0.2) is 5.50 Å². The molecule has 0 spiro atoms. The highest BCUT2D eigenvalue weighted by atomic mass is 35.5. The average molecular weight is 202 g/mol. The number of thioether (sulfide) groups is 1. The molecule has 1 nitrogen and oxygen atoms in total. The van der Waals surface area contributed by atoms with E-state index in [0.29, 0.717) is 22.3 Å². The lowest BCUT2D eigenvalue weighted by atomic mass is 10.2. The number of nitriles is 1. The van der Waals surface area contributed by atoms with Crippen LogP contribution in [0.3, 0.4) is 0 Å². The first-order valence-electron chi connectivity index (χ1n) is 3.18. The SMILES string of the molecule is N#CSC(F)c1ccc(Cl)cc1. The number of halogens is 2. The normalized spacial score (nSPS) is 12.1. The van der Waals surface area contributed by atoms with E-state index in [1.165, 1.54) is 0 Å². The Kier molecular flexibility index (Phi) is 3.39. The maximum atomic E-state index is 13.0. The highest BCUT2D eigenvalue weighted by Gasteiger charge is 2.08. The van der Waals surface area contributed by atoms with Crippen molar-refractivity contribution in [3.05, 3.63) is 34.9 Å². The van der Waals surface area contributed by atoms with E-state index in [1.54, 1.807) is 29.7 Å². The van der Waals surface area contributed by atoms with Gasteiger partial charge in [0.05, 0.1) is 0 Å². The highest BCUT2D eigenvalue weighted by molar-refractivity contribution is 8.03. The summed E-state index contributed by atoms with van der Waals surface area (Å²) in [5.41, 5.74) is -0.821. The molecule has 62 valence electrons. The van der Waals surface area contributed by atoms with Crippen LogP contribution in [0.1, 0.15) is 11.1 Å². The average Bonchev–Trinajstić information content (AvgIpc) is 2.06. The molecule has 0 aliphatic carbocycles. The van der Waals surface area contributed by atoms with E-state index in [9.17, 15) is 4.39 Å². The van der Waals surface area contributed by atoms with Crippen molar-refractivity contribution in [2.45, 2.75) is 5.50 Å². The van der Waals surface area contributed by atoms with E-state index in [2.05, 4.69) is 0 Å². The van der Waals surface area contributed by atoms with Gasteiger partial charge in [-0.05, 0) is 29.5 Å². The van der Waals surface area contributed by atoms with Crippen molar-refractivity contribution in [1.29, 1.82) is 5.26 Å². The van der Waals surface area contributed by atoms with E-state index < -0.39 is 5.50 Å². The number of rotatable bonds is 2. The molecule has 0 amide bonds. The summed E-state index contributed by atoms with van der Waals surface area (Å²) in [6.45, 7) is 0. The van der Waals surface area contributed by atoms with Crippen LogP contribution < -0.4 is 0 Å². The van der Waals surface area contributed by atoms with Crippen molar-refractivity contribution < 1.29 is 4.39 Å². The van der Waals surface area contributed by atoms with E-state index >= 15 is 0 Å². The molecule has 0 saturated carbocycles. The van der Waals surface area contributed by atoms with Crippen LogP contribution in [0, 0.1) is 10.7 Å². The van der Waals surface area contributed by atoms with Crippen LogP contribution in [-0.4, -0.2) is 0 Å². The summed E-state index contributed by atoms with van der Waals surface area (Å²) in [6.07, 6.45) is 0. The summed E-state index contributed by atoms with van der Waals surface area (Å²) in [5.74, 6) is 0. The number of nitrogens with zero attached hydrogens (tertiary/aromatic N) is 1. The molecule has 0 heterocycles. The molecule has 1 unspecified atom stereocenters. The first-order valence-corrected chi connectivity index (χ1v) is 4.44. The molecular formula is C8H5ClFNS. The molecule has 1 atom stereocenters. The number of thiocyanates is 1. The second-order valence-corrected chi connectivity index (χ2v) is 3.35. The van der Waals surface area contributed by atoms with Crippen LogP contribution in [0.25, 0.3) is 0 Å². The predicted octanol–water partition coefficient (Wildman–Crippen LogP) is 3.52. The Bertz CT molecular complexity index is 293. The molecule has 0 aliphatic rings. The van der Waals surface area contributed by atoms with E-state index in [0.717, 1.165) is 0 Å². The molecule has 12 heavy (non-hydrogen) atoms. The number of hydrogen-bond donors (Lipinski definition) is 0. The van der Waals surface area contributed by atoms with E-state index in [-0.39, 0.29) is 0 Å². The fourth-order valence-electron chi connectivity index (χ4n) is 0.728. The standard InChI is InChI=1S/C8H5ClFNS/c9-7-3-1-6(2-4-7)8(10)12-5-11/h1-4,8H. The second-order valence-electron chi connectivity index (χ2n) is 2.08. The van der Waals surface area contributed by atoms with Gasteiger partial charge in [-0.25, -0.2) is 4.39 Å². The zero-order chi connectivity index (χ0) is 8.97. The van der Waals surface area contributed by atoms with Crippen molar-refractivity contribution >= 4 is 23.4 Å². The predicted molar refractivity (Wildman–Crippen MR) is 48.5 cm³/mol. The Balaban J connectivity index is 2.76. The Morgan fingerprint density at radius 3 is 2.50 bits per heavy atom.